The normalized spacial score (nSPS) is 10.9. The van der Waals surface area contributed by atoms with E-state index in [-0.39, 0.29) is 5.56 Å². The number of hydrazine groups is 1. The lowest BCUT2D eigenvalue weighted by molar-refractivity contribution is -0.385. The average molecular weight is 463 g/mol. The second kappa shape index (κ2) is 9.13. The minimum Gasteiger partial charge on any atom is -0.334 e. The van der Waals surface area contributed by atoms with Crippen LogP contribution in [0.15, 0.2) is 54.9 Å². The summed E-state index contributed by atoms with van der Waals surface area (Å²) in [6, 6.07) is 9.22. The summed E-state index contributed by atoms with van der Waals surface area (Å²) in [6.45, 7) is 0. The van der Waals surface area contributed by atoms with Gasteiger partial charge in [0.1, 0.15) is 11.9 Å². The molecule has 0 fully saturated rings. The predicted octanol–water partition coefficient (Wildman–Crippen LogP) is 3.81. The van der Waals surface area contributed by atoms with Crippen molar-refractivity contribution in [2.24, 2.45) is 0 Å². The summed E-state index contributed by atoms with van der Waals surface area (Å²) in [6.07, 6.45) is -3.93. The zero-order valence-electron chi connectivity index (χ0n) is 16.2. The van der Waals surface area contributed by atoms with Crippen LogP contribution in [0.25, 0.3) is 0 Å². The first-order chi connectivity index (χ1) is 15.6. The van der Waals surface area contributed by atoms with Crippen molar-refractivity contribution in [1.29, 1.82) is 0 Å². The quantitative estimate of drug-likeness (QED) is 0.349. The number of rotatable bonds is 7. The van der Waals surface area contributed by atoms with Crippen LogP contribution in [0.1, 0.15) is 15.9 Å². The fraction of sp³-hybridized carbons (Fsp3) is 0.0556. The molecule has 3 rings (SSSR count). The van der Waals surface area contributed by atoms with Crippen LogP contribution < -0.4 is 16.2 Å². The summed E-state index contributed by atoms with van der Waals surface area (Å²) in [5.74, 6) is -2.17. The molecule has 1 amide bonds. The standard InChI is InChI=1S/C18H12F3N7O5/c19-18(20,21)11-6-2-3-7-12(11)24-15-14(28(32)33)16(23-9-22-15)25-26-17(29)10-5-1-4-8-13(10)27(30)31/h1-9H,(H,26,29)(H2,22,23,24,25). The SMILES string of the molecule is O=C(NNc1ncnc(Nc2ccccc2C(F)(F)F)c1[N+](=O)[O-])c1ccccc1[N+](=O)[O-]. The van der Waals surface area contributed by atoms with E-state index in [2.05, 4.69) is 20.7 Å². The first-order valence-corrected chi connectivity index (χ1v) is 8.82. The lowest BCUT2D eigenvalue weighted by Gasteiger charge is -2.14. The number of amides is 1. The summed E-state index contributed by atoms with van der Waals surface area (Å²) in [5.41, 5.74) is 0.870. The van der Waals surface area contributed by atoms with Crippen LogP contribution in [0.4, 0.5) is 41.9 Å². The van der Waals surface area contributed by atoms with E-state index in [1.165, 1.54) is 18.2 Å². The fourth-order valence-electron chi connectivity index (χ4n) is 2.71. The van der Waals surface area contributed by atoms with Crippen LogP contribution in [-0.4, -0.2) is 25.7 Å². The summed E-state index contributed by atoms with van der Waals surface area (Å²) in [4.78, 5) is 40.5. The number of nitro benzene ring substituents is 1. The Hall–Kier alpha value is -4.82. The van der Waals surface area contributed by atoms with Crippen LogP contribution in [0.5, 0.6) is 0 Å². The number of benzene rings is 2. The number of alkyl halides is 3. The van der Waals surface area contributed by atoms with Gasteiger partial charge in [0.25, 0.3) is 11.6 Å². The van der Waals surface area contributed by atoms with Crippen LogP contribution in [0.2, 0.25) is 0 Å². The molecule has 15 heteroatoms. The van der Waals surface area contributed by atoms with Gasteiger partial charge in [-0.1, -0.05) is 24.3 Å². The summed E-state index contributed by atoms with van der Waals surface area (Å²) >= 11 is 0. The Kier molecular flexibility index (Phi) is 6.32. The number of carbonyl (C=O) groups is 1. The van der Waals surface area contributed by atoms with Gasteiger partial charge in [0, 0.05) is 6.07 Å². The van der Waals surface area contributed by atoms with Gasteiger partial charge < -0.3 is 5.32 Å². The second-order valence-corrected chi connectivity index (χ2v) is 6.20. The number of halogens is 3. The van der Waals surface area contributed by atoms with Gasteiger partial charge >= 0.3 is 11.9 Å². The van der Waals surface area contributed by atoms with Crippen molar-refractivity contribution in [1.82, 2.24) is 15.4 Å². The van der Waals surface area contributed by atoms with Gasteiger partial charge in [-0.05, 0) is 18.2 Å². The van der Waals surface area contributed by atoms with Gasteiger partial charge in [0.2, 0.25) is 11.6 Å². The molecule has 33 heavy (non-hydrogen) atoms. The Bertz CT molecular complexity index is 1240. The first-order valence-electron chi connectivity index (χ1n) is 8.82. The molecule has 0 radical (unpaired) electrons. The molecule has 0 aliphatic rings. The van der Waals surface area contributed by atoms with Crippen LogP contribution in [0, 0.1) is 20.2 Å². The minimum absolute atomic E-state index is 0.343. The van der Waals surface area contributed by atoms with Crippen molar-refractivity contribution in [3.05, 3.63) is 86.2 Å². The van der Waals surface area contributed by atoms with Crippen molar-refractivity contribution in [3.8, 4) is 0 Å². The van der Waals surface area contributed by atoms with Crippen LogP contribution in [0.3, 0.4) is 0 Å². The van der Waals surface area contributed by atoms with E-state index in [9.17, 15) is 38.2 Å². The number of nitrogens with zero attached hydrogens (tertiary/aromatic N) is 4. The number of hydrogen-bond acceptors (Lipinski definition) is 9. The molecule has 0 spiro atoms. The lowest BCUT2D eigenvalue weighted by atomic mass is 10.1. The molecule has 170 valence electrons. The smallest absolute Gasteiger partial charge is 0.334 e. The van der Waals surface area contributed by atoms with Gasteiger partial charge in [-0.2, -0.15) is 13.2 Å². The zero-order chi connectivity index (χ0) is 24.2. The maximum absolute atomic E-state index is 13.2. The first kappa shape index (κ1) is 22.9. The molecule has 0 saturated heterocycles. The fourth-order valence-corrected chi connectivity index (χ4v) is 2.71. The molecular weight excluding hydrogens is 451 g/mol. The van der Waals surface area contributed by atoms with E-state index in [0.29, 0.717) is 0 Å². The number of anilines is 3. The highest BCUT2D eigenvalue weighted by atomic mass is 19.4. The van der Waals surface area contributed by atoms with Crippen molar-refractivity contribution >= 4 is 34.6 Å². The number of nitro groups is 2. The van der Waals surface area contributed by atoms with Crippen molar-refractivity contribution in [3.63, 3.8) is 0 Å². The summed E-state index contributed by atoms with van der Waals surface area (Å²) in [5, 5.41) is 24.9. The van der Waals surface area contributed by atoms with E-state index in [1.807, 2.05) is 5.43 Å². The Balaban J connectivity index is 1.91. The number of aromatic nitrogens is 2. The molecule has 0 aliphatic carbocycles. The van der Waals surface area contributed by atoms with E-state index >= 15 is 0 Å². The molecule has 12 nitrogen and oxygen atoms in total. The number of carbonyl (C=O) groups excluding carboxylic acids is 1. The third-order valence-corrected chi connectivity index (χ3v) is 4.13. The molecule has 0 unspecified atom stereocenters. The summed E-state index contributed by atoms with van der Waals surface area (Å²) < 4.78 is 39.7. The van der Waals surface area contributed by atoms with Gasteiger partial charge in [-0.25, -0.2) is 9.97 Å². The van der Waals surface area contributed by atoms with Gasteiger partial charge in [0.05, 0.1) is 21.1 Å². The molecule has 0 bridgehead atoms. The van der Waals surface area contributed by atoms with E-state index in [1.54, 1.807) is 0 Å². The van der Waals surface area contributed by atoms with E-state index in [4.69, 9.17) is 0 Å². The van der Waals surface area contributed by atoms with Crippen LogP contribution >= 0.6 is 0 Å². The Morgan fingerprint density at radius 3 is 2.21 bits per heavy atom. The molecule has 1 aromatic heterocycles. The lowest BCUT2D eigenvalue weighted by Crippen LogP contribution is -2.30. The van der Waals surface area contributed by atoms with Gasteiger partial charge in [-0.3, -0.25) is 35.9 Å². The highest BCUT2D eigenvalue weighted by molar-refractivity contribution is 5.98. The molecule has 3 N–H and O–H groups in total. The summed E-state index contributed by atoms with van der Waals surface area (Å²) in [7, 11) is 0. The molecule has 0 atom stereocenters. The van der Waals surface area contributed by atoms with Gasteiger partial charge in [0.15, 0.2) is 0 Å². The molecule has 0 aliphatic heterocycles. The number of hydrogen-bond donors (Lipinski definition) is 3. The minimum atomic E-state index is -4.75. The molecular formula is C18H12F3N7O5. The van der Waals surface area contributed by atoms with Crippen molar-refractivity contribution < 1.29 is 27.8 Å². The maximum Gasteiger partial charge on any atom is 0.418 e. The van der Waals surface area contributed by atoms with E-state index in [0.717, 1.165) is 36.7 Å². The van der Waals surface area contributed by atoms with Crippen molar-refractivity contribution in [2.75, 3.05) is 10.7 Å². The zero-order valence-corrected chi connectivity index (χ0v) is 16.2. The Morgan fingerprint density at radius 2 is 1.55 bits per heavy atom. The topological polar surface area (TPSA) is 165 Å². The number of para-hydroxylation sites is 2. The third-order valence-electron chi connectivity index (χ3n) is 4.13. The third kappa shape index (κ3) is 5.09. The Morgan fingerprint density at radius 1 is 0.909 bits per heavy atom. The second-order valence-electron chi connectivity index (χ2n) is 6.20. The van der Waals surface area contributed by atoms with Crippen LogP contribution in [-0.2, 0) is 6.18 Å². The Labute approximate surface area is 181 Å². The maximum atomic E-state index is 13.2. The highest BCUT2D eigenvalue weighted by Gasteiger charge is 2.34. The number of nitrogens with one attached hydrogen (secondary N) is 3. The highest BCUT2D eigenvalue weighted by Crippen LogP contribution is 2.38. The largest absolute Gasteiger partial charge is 0.418 e. The molecule has 2 aromatic carbocycles. The molecule has 0 saturated carbocycles. The average Bonchev–Trinajstić information content (AvgIpc) is 2.77. The van der Waals surface area contributed by atoms with Crippen molar-refractivity contribution in [2.45, 2.75) is 6.18 Å². The molecule has 3 aromatic rings. The monoisotopic (exact) mass is 463 g/mol. The van der Waals surface area contributed by atoms with E-state index < -0.39 is 56.2 Å². The molecule has 1 heterocycles. The van der Waals surface area contributed by atoms with Gasteiger partial charge in [-0.15, -0.1) is 0 Å². The predicted molar refractivity (Wildman–Crippen MR) is 108 cm³/mol.